The summed E-state index contributed by atoms with van der Waals surface area (Å²) in [6.45, 7) is 1.10. The molecule has 0 unspecified atom stereocenters. The van der Waals surface area contributed by atoms with E-state index >= 15 is 0 Å². The highest BCUT2D eigenvalue weighted by molar-refractivity contribution is 5.63. The maximum absolute atomic E-state index is 13.8. The molecular weight excluding hydrogens is 445 g/mol. The average Bonchev–Trinajstić information content (AvgIpc) is 3.34. The first kappa shape index (κ1) is 23.5. The van der Waals surface area contributed by atoms with Gasteiger partial charge in [-0.05, 0) is 41.8 Å². The van der Waals surface area contributed by atoms with Crippen molar-refractivity contribution in [2.24, 2.45) is 5.73 Å². The third kappa shape index (κ3) is 5.11. The molecule has 0 spiro atoms. The van der Waals surface area contributed by atoms with Gasteiger partial charge in [0.2, 0.25) is 0 Å². The van der Waals surface area contributed by atoms with Gasteiger partial charge in [-0.25, -0.2) is 4.98 Å². The summed E-state index contributed by atoms with van der Waals surface area (Å²) >= 11 is 0. The van der Waals surface area contributed by atoms with Crippen LogP contribution in [-0.2, 0) is 18.3 Å². The van der Waals surface area contributed by atoms with Crippen LogP contribution in [0.5, 0.6) is 5.75 Å². The molecule has 9 heteroatoms. The van der Waals surface area contributed by atoms with Crippen molar-refractivity contribution in [3.63, 3.8) is 0 Å². The molecule has 0 saturated heterocycles. The lowest BCUT2D eigenvalue weighted by molar-refractivity contribution is -0.139. The van der Waals surface area contributed by atoms with Gasteiger partial charge >= 0.3 is 6.18 Å². The molecule has 0 radical (unpaired) electrons. The summed E-state index contributed by atoms with van der Waals surface area (Å²) in [7, 11) is 0. The number of benzene rings is 3. The first-order valence-electron chi connectivity index (χ1n) is 10.5. The van der Waals surface area contributed by atoms with Gasteiger partial charge in [0.1, 0.15) is 18.2 Å². The average molecular weight is 468 g/mol. The number of aromatic nitrogens is 3. The zero-order chi connectivity index (χ0) is 24.3. The molecule has 0 bridgehead atoms. The second kappa shape index (κ2) is 9.28. The van der Waals surface area contributed by atoms with Crippen molar-refractivity contribution in [1.29, 1.82) is 0 Å². The first-order chi connectivity index (χ1) is 16.2. The van der Waals surface area contributed by atoms with Gasteiger partial charge in [-0.15, -0.1) is 0 Å². The van der Waals surface area contributed by atoms with Gasteiger partial charge in [0, 0.05) is 5.56 Å². The highest BCUT2D eigenvalue weighted by atomic mass is 19.4. The SMILES string of the molecule is C[C@](N)(CO)c1nc(-c2ccc(OCc3ccc(-c4ccccc4)cc3)c(C(F)(F)F)c2)n[nH]1. The fraction of sp³-hybridized carbons (Fsp3) is 0.200. The molecule has 1 heterocycles. The Morgan fingerprint density at radius 1 is 0.941 bits per heavy atom. The molecule has 3 aromatic carbocycles. The number of H-pyrrole nitrogens is 1. The molecule has 0 amide bonds. The second-order valence-corrected chi connectivity index (χ2v) is 8.14. The monoisotopic (exact) mass is 468 g/mol. The second-order valence-electron chi connectivity index (χ2n) is 8.14. The zero-order valence-electron chi connectivity index (χ0n) is 18.3. The standard InChI is InChI=1S/C25H23F3N4O2/c1-24(29,15-33)23-30-22(31-32-23)19-11-12-21(20(13-19)25(26,27)28)34-14-16-7-9-18(10-8-16)17-5-3-2-4-6-17/h2-13,33H,14-15,29H2,1H3,(H,30,31,32)/t24-/m0/s1. The van der Waals surface area contributed by atoms with Crippen LogP contribution in [0.4, 0.5) is 13.2 Å². The molecule has 1 atom stereocenters. The number of nitrogens with two attached hydrogens (primary N) is 1. The van der Waals surface area contributed by atoms with Crippen molar-refractivity contribution in [1.82, 2.24) is 15.2 Å². The predicted molar refractivity (Wildman–Crippen MR) is 122 cm³/mol. The minimum absolute atomic E-state index is 0.0235. The number of rotatable bonds is 7. The number of nitrogens with zero attached hydrogens (tertiary/aromatic N) is 2. The third-order valence-electron chi connectivity index (χ3n) is 5.35. The Morgan fingerprint density at radius 3 is 2.24 bits per heavy atom. The molecule has 176 valence electrons. The minimum atomic E-state index is -4.64. The largest absolute Gasteiger partial charge is 0.488 e. The van der Waals surface area contributed by atoms with Crippen LogP contribution in [0.3, 0.4) is 0 Å². The molecule has 0 aliphatic rings. The number of nitrogens with one attached hydrogen (secondary N) is 1. The summed E-state index contributed by atoms with van der Waals surface area (Å²) in [5.41, 5.74) is 6.71. The molecule has 4 aromatic rings. The number of halogens is 3. The van der Waals surface area contributed by atoms with Crippen LogP contribution in [0.15, 0.2) is 72.8 Å². The normalized spacial score (nSPS) is 13.5. The van der Waals surface area contributed by atoms with Crippen molar-refractivity contribution >= 4 is 0 Å². The Labute approximate surface area is 194 Å². The van der Waals surface area contributed by atoms with Crippen LogP contribution >= 0.6 is 0 Å². The van der Waals surface area contributed by atoms with E-state index in [1.54, 1.807) is 0 Å². The van der Waals surface area contributed by atoms with Crippen molar-refractivity contribution in [2.75, 3.05) is 6.61 Å². The smallest absolute Gasteiger partial charge is 0.419 e. The van der Waals surface area contributed by atoms with Gasteiger partial charge < -0.3 is 15.6 Å². The van der Waals surface area contributed by atoms with Gasteiger partial charge in [0.15, 0.2) is 5.82 Å². The molecule has 0 aliphatic carbocycles. The van der Waals surface area contributed by atoms with E-state index in [0.717, 1.165) is 22.8 Å². The van der Waals surface area contributed by atoms with Crippen LogP contribution in [0, 0.1) is 0 Å². The summed E-state index contributed by atoms with van der Waals surface area (Å²) < 4.78 is 46.9. The van der Waals surface area contributed by atoms with E-state index in [9.17, 15) is 18.3 Å². The van der Waals surface area contributed by atoms with Gasteiger partial charge in [0.25, 0.3) is 0 Å². The van der Waals surface area contributed by atoms with Crippen LogP contribution in [0.1, 0.15) is 23.9 Å². The number of hydrogen-bond acceptors (Lipinski definition) is 5. The van der Waals surface area contributed by atoms with Crippen LogP contribution in [-0.4, -0.2) is 26.9 Å². The van der Waals surface area contributed by atoms with Gasteiger partial charge in [0.05, 0.1) is 17.7 Å². The van der Waals surface area contributed by atoms with E-state index in [-0.39, 0.29) is 29.6 Å². The molecule has 4 N–H and O–H groups in total. The number of aromatic amines is 1. The fourth-order valence-corrected chi connectivity index (χ4v) is 3.32. The molecule has 1 aromatic heterocycles. The molecule has 4 rings (SSSR count). The summed E-state index contributed by atoms with van der Waals surface area (Å²) in [5, 5.41) is 15.9. The fourth-order valence-electron chi connectivity index (χ4n) is 3.32. The molecule has 0 saturated carbocycles. The van der Waals surface area contributed by atoms with Gasteiger partial charge in [-0.3, -0.25) is 5.10 Å². The van der Waals surface area contributed by atoms with Crippen molar-refractivity contribution < 1.29 is 23.0 Å². The molecular formula is C25H23F3N4O2. The lowest BCUT2D eigenvalue weighted by atomic mass is 10.0. The maximum atomic E-state index is 13.8. The summed E-state index contributed by atoms with van der Waals surface area (Å²) in [5.74, 6) is -0.0929. The number of aliphatic hydroxyl groups excluding tert-OH is 1. The van der Waals surface area contributed by atoms with E-state index in [1.807, 2.05) is 54.6 Å². The number of hydrogen-bond donors (Lipinski definition) is 3. The maximum Gasteiger partial charge on any atom is 0.419 e. The van der Waals surface area contributed by atoms with Crippen molar-refractivity contribution in [3.05, 3.63) is 89.7 Å². The predicted octanol–water partition coefficient (Wildman–Crippen LogP) is 4.90. The Bertz CT molecular complexity index is 1250. The lowest BCUT2D eigenvalue weighted by Crippen LogP contribution is -2.38. The van der Waals surface area contributed by atoms with Crippen LogP contribution in [0.2, 0.25) is 0 Å². The number of ether oxygens (including phenoxy) is 1. The van der Waals surface area contributed by atoms with E-state index < -0.39 is 23.9 Å². The molecule has 34 heavy (non-hydrogen) atoms. The lowest BCUT2D eigenvalue weighted by Gasteiger charge is -2.17. The first-order valence-corrected chi connectivity index (χ1v) is 10.5. The minimum Gasteiger partial charge on any atom is -0.488 e. The number of alkyl halides is 3. The van der Waals surface area contributed by atoms with Gasteiger partial charge in [-0.1, -0.05) is 54.6 Å². The Balaban J connectivity index is 1.54. The van der Waals surface area contributed by atoms with E-state index in [4.69, 9.17) is 10.5 Å². The van der Waals surface area contributed by atoms with Gasteiger partial charge in [-0.2, -0.15) is 18.3 Å². The highest BCUT2D eigenvalue weighted by Gasteiger charge is 2.35. The highest BCUT2D eigenvalue weighted by Crippen LogP contribution is 2.39. The number of aliphatic hydroxyl groups is 1. The van der Waals surface area contributed by atoms with Crippen molar-refractivity contribution in [3.8, 4) is 28.3 Å². The summed E-state index contributed by atoms with van der Waals surface area (Å²) in [4.78, 5) is 4.14. The van der Waals surface area contributed by atoms with Crippen LogP contribution in [0.25, 0.3) is 22.5 Å². The van der Waals surface area contributed by atoms with E-state index in [0.29, 0.717) is 0 Å². The zero-order valence-corrected chi connectivity index (χ0v) is 18.3. The molecule has 0 fully saturated rings. The van der Waals surface area contributed by atoms with Crippen molar-refractivity contribution in [2.45, 2.75) is 25.2 Å². The molecule has 6 nitrogen and oxygen atoms in total. The Hall–Kier alpha value is -3.69. The Morgan fingerprint density at radius 2 is 1.59 bits per heavy atom. The quantitative estimate of drug-likeness (QED) is 0.358. The Kier molecular flexibility index (Phi) is 6.41. The topological polar surface area (TPSA) is 97.1 Å². The van der Waals surface area contributed by atoms with Crippen LogP contribution < -0.4 is 10.5 Å². The summed E-state index contributed by atoms with van der Waals surface area (Å²) in [6, 6.07) is 20.9. The molecule has 0 aliphatic heterocycles. The van der Waals surface area contributed by atoms with E-state index in [1.165, 1.54) is 19.1 Å². The van der Waals surface area contributed by atoms with E-state index in [2.05, 4.69) is 15.2 Å². The summed E-state index contributed by atoms with van der Waals surface area (Å²) in [6.07, 6.45) is -4.64. The third-order valence-corrected chi connectivity index (χ3v) is 5.35.